The molecular weight excluding hydrogens is 505 g/mol. The molecule has 1 aliphatic heterocycles. The van der Waals surface area contributed by atoms with Crippen molar-refractivity contribution in [2.45, 2.75) is 23.3 Å². The van der Waals surface area contributed by atoms with Crippen molar-refractivity contribution in [3.05, 3.63) is 60.2 Å². The number of carbonyl (C=O) groups is 2. The predicted molar refractivity (Wildman–Crippen MR) is 138 cm³/mol. The number of anilines is 2. The Bertz CT molecular complexity index is 1050. The van der Waals surface area contributed by atoms with Crippen molar-refractivity contribution in [2.24, 2.45) is 0 Å². The van der Waals surface area contributed by atoms with E-state index in [0.29, 0.717) is 36.3 Å². The maximum Gasteiger partial charge on any atom is 0.245 e. The Kier molecular flexibility index (Phi) is 8.53. The predicted octanol–water partition coefficient (Wildman–Crippen LogP) is 4.36. The molecular formula is C22H22Cl3N5O2S. The van der Waals surface area contributed by atoms with Gasteiger partial charge in [0.05, 0.1) is 0 Å². The van der Waals surface area contributed by atoms with E-state index in [9.17, 15) is 9.59 Å². The zero-order chi connectivity index (χ0) is 24.0. The van der Waals surface area contributed by atoms with Crippen LogP contribution in [0.4, 0.5) is 11.6 Å². The van der Waals surface area contributed by atoms with Crippen molar-refractivity contribution < 1.29 is 9.59 Å². The van der Waals surface area contributed by atoms with Crippen LogP contribution in [0.25, 0.3) is 6.08 Å². The van der Waals surface area contributed by atoms with Crippen molar-refractivity contribution in [2.75, 3.05) is 23.3 Å². The first kappa shape index (κ1) is 25.2. The first-order chi connectivity index (χ1) is 15.6. The molecule has 2 amide bonds. The fourth-order valence-corrected chi connectivity index (χ4v) is 4.18. The Labute approximate surface area is 212 Å². The van der Waals surface area contributed by atoms with Crippen molar-refractivity contribution >= 4 is 81.7 Å². The Morgan fingerprint density at radius 3 is 2.52 bits per heavy atom. The molecule has 3 rings (SSSR count). The largest absolute Gasteiger partial charge is 0.328 e. The van der Waals surface area contributed by atoms with E-state index in [-0.39, 0.29) is 5.91 Å². The lowest BCUT2D eigenvalue weighted by atomic mass is 10.2. The van der Waals surface area contributed by atoms with E-state index in [1.165, 1.54) is 13.0 Å². The fraction of sp³-hybridized carbons (Fsp3) is 0.273. The van der Waals surface area contributed by atoms with Crippen LogP contribution in [-0.2, 0) is 9.59 Å². The van der Waals surface area contributed by atoms with Gasteiger partial charge in [0.25, 0.3) is 0 Å². The van der Waals surface area contributed by atoms with Crippen LogP contribution in [0.3, 0.4) is 0 Å². The highest BCUT2D eigenvalue weighted by Crippen LogP contribution is 2.34. The molecule has 33 heavy (non-hydrogen) atoms. The van der Waals surface area contributed by atoms with Crippen molar-refractivity contribution in [1.29, 1.82) is 0 Å². The molecule has 0 radical (unpaired) electrons. The molecule has 0 saturated carbocycles. The van der Waals surface area contributed by atoms with Gasteiger partial charge in [-0.3, -0.25) is 9.59 Å². The van der Waals surface area contributed by atoms with Crippen LogP contribution in [0.5, 0.6) is 0 Å². The van der Waals surface area contributed by atoms with E-state index < -0.39 is 15.9 Å². The summed E-state index contributed by atoms with van der Waals surface area (Å²) in [6.07, 6.45) is 2.72. The molecule has 7 nitrogen and oxygen atoms in total. The summed E-state index contributed by atoms with van der Waals surface area (Å²) in [7, 11) is 0. The number of nitrogens with zero attached hydrogens (tertiary/aromatic N) is 3. The number of carbonyl (C=O) groups excluding carboxylic acids is 2. The Morgan fingerprint density at radius 2 is 1.85 bits per heavy atom. The SMILES string of the molecule is CC(=O)Nc1cccc(N2CCCN(C(NC(=O)/C=C/c3ccccc3)C(Cl)(Cl)Cl)C2=S)n1. The van der Waals surface area contributed by atoms with Crippen molar-refractivity contribution in [1.82, 2.24) is 15.2 Å². The summed E-state index contributed by atoms with van der Waals surface area (Å²) < 4.78 is -1.85. The van der Waals surface area contributed by atoms with E-state index in [4.69, 9.17) is 47.0 Å². The van der Waals surface area contributed by atoms with Gasteiger partial charge in [-0.15, -0.1) is 0 Å². The van der Waals surface area contributed by atoms with Crippen LogP contribution in [-0.4, -0.2) is 49.9 Å². The molecule has 1 fully saturated rings. The standard InChI is InChI=1S/C22H22Cl3N5O2S/c1-15(31)26-17-9-5-10-18(27-17)29-13-6-14-30(21(29)33)20(22(23,24)25)28-19(32)12-11-16-7-3-2-4-8-16/h2-5,7-12,20H,6,13-14H2,1H3,(H,28,32)(H,26,27,31)/b12-11+. The first-order valence-electron chi connectivity index (χ1n) is 10.1. The molecule has 1 atom stereocenters. The first-order valence-corrected chi connectivity index (χ1v) is 11.6. The highest BCUT2D eigenvalue weighted by Gasteiger charge is 2.42. The number of benzene rings is 1. The van der Waals surface area contributed by atoms with Gasteiger partial charge in [-0.2, -0.15) is 0 Å². The number of halogens is 3. The van der Waals surface area contributed by atoms with Crippen LogP contribution >= 0.6 is 47.0 Å². The normalized spacial score (nSPS) is 15.5. The lowest BCUT2D eigenvalue weighted by Crippen LogP contribution is -2.62. The van der Waals surface area contributed by atoms with Gasteiger partial charge >= 0.3 is 0 Å². The van der Waals surface area contributed by atoms with Gasteiger partial charge < -0.3 is 20.4 Å². The number of rotatable bonds is 6. The van der Waals surface area contributed by atoms with Gasteiger partial charge in [0, 0.05) is 26.1 Å². The summed E-state index contributed by atoms with van der Waals surface area (Å²) in [5.74, 6) is 0.275. The molecule has 1 aliphatic rings. The van der Waals surface area contributed by atoms with E-state index in [2.05, 4.69) is 15.6 Å². The van der Waals surface area contributed by atoms with Gasteiger partial charge in [-0.05, 0) is 42.4 Å². The van der Waals surface area contributed by atoms with Crippen LogP contribution in [0.2, 0.25) is 0 Å². The van der Waals surface area contributed by atoms with Crippen LogP contribution in [0, 0.1) is 0 Å². The Morgan fingerprint density at radius 1 is 1.12 bits per heavy atom. The second kappa shape index (κ2) is 11.2. The molecule has 0 spiro atoms. The van der Waals surface area contributed by atoms with E-state index in [1.54, 1.807) is 34.1 Å². The maximum absolute atomic E-state index is 12.6. The molecule has 1 aromatic heterocycles. The van der Waals surface area contributed by atoms with Crippen molar-refractivity contribution in [3.8, 4) is 0 Å². The Balaban J connectivity index is 1.79. The van der Waals surface area contributed by atoms with Crippen LogP contribution < -0.4 is 15.5 Å². The second-order valence-corrected chi connectivity index (χ2v) is 9.97. The topological polar surface area (TPSA) is 77.6 Å². The quantitative estimate of drug-likeness (QED) is 0.331. The minimum atomic E-state index is -1.85. The third-order valence-corrected chi connectivity index (χ3v) is 5.77. The third-order valence-electron chi connectivity index (χ3n) is 4.70. The molecule has 1 unspecified atom stereocenters. The molecule has 11 heteroatoms. The maximum atomic E-state index is 12.6. The van der Waals surface area contributed by atoms with Gasteiger partial charge in [-0.1, -0.05) is 71.2 Å². The molecule has 2 aromatic rings. The average Bonchev–Trinajstić information content (AvgIpc) is 2.76. The van der Waals surface area contributed by atoms with Crippen LogP contribution in [0.15, 0.2) is 54.6 Å². The van der Waals surface area contributed by atoms with Crippen LogP contribution in [0.1, 0.15) is 18.9 Å². The number of alkyl halides is 3. The van der Waals surface area contributed by atoms with Gasteiger partial charge in [0.2, 0.25) is 15.6 Å². The number of thiocarbonyl (C=S) groups is 1. The van der Waals surface area contributed by atoms with Gasteiger partial charge in [0.1, 0.15) is 11.6 Å². The summed E-state index contributed by atoms with van der Waals surface area (Å²) in [5, 5.41) is 5.74. The van der Waals surface area contributed by atoms with E-state index in [0.717, 1.165) is 5.56 Å². The van der Waals surface area contributed by atoms with Gasteiger partial charge in [0.15, 0.2) is 11.3 Å². The molecule has 0 bridgehead atoms. The fourth-order valence-electron chi connectivity index (χ4n) is 3.28. The summed E-state index contributed by atoms with van der Waals surface area (Å²) in [6, 6.07) is 14.6. The number of nitrogens with one attached hydrogen (secondary N) is 2. The lowest BCUT2D eigenvalue weighted by molar-refractivity contribution is -0.118. The van der Waals surface area contributed by atoms with E-state index in [1.807, 2.05) is 30.3 Å². The average molecular weight is 527 g/mol. The molecule has 1 aromatic carbocycles. The number of hydrogen-bond donors (Lipinski definition) is 2. The van der Waals surface area contributed by atoms with E-state index >= 15 is 0 Å². The minimum absolute atomic E-state index is 0.231. The molecule has 2 N–H and O–H groups in total. The monoisotopic (exact) mass is 525 g/mol. The lowest BCUT2D eigenvalue weighted by Gasteiger charge is -2.44. The summed E-state index contributed by atoms with van der Waals surface area (Å²) in [5.41, 5.74) is 0.864. The molecule has 2 heterocycles. The zero-order valence-electron chi connectivity index (χ0n) is 17.7. The highest BCUT2D eigenvalue weighted by molar-refractivity contribution is 7.80. The molecule has 1 saturated heterocycles. The third kappa shape index (κ3) is 7.04. The van der Waals surface area contributed by atoms with Crippen molar-refractivity contribution in [3.63, 3.8) is 0 Å². The molecule has 0 aliphatic carbocycles. The number of pyridine rings is 1. The summed E-state index contributed by atoms with van der Waals surface area (Å²) in [4.78, 5) is 31.9. The minimum Gasteiger partial charge on any atom is -0.328 e. The summed E-state index contributed by atoms with van der Waals surface area (Å²) in [6.45, 7) is 2.46. The molecule has 174 valence electrons. The number of amides is 2. The van der Waals surface area contributed by atoms with Gasteiger partial charge in [-0.25, -0.2) is 4.98 Å². The second-order valence-electron chi connectivity index (χ2n) is 7.24. The Hall–Kier alpha value is -2.39. The smallest absolute Gasteiger partial charge is 0.245 e. The number of aromatic nitrogens is 1. The summed E-state index contributed by atoms with van der Waals surface area (Å²) >= 11 is 24.4. The zero-order valence-corrected chi connectivity index (χ0v) is 20.8. The highest BCUT2D eigenvalue weighted by atomic mass is 35.6. The number of hydrogen-bond acceptors (Lipinski definition) is 4.